The SMILES string of the molecule is COc1ccc(CNc2ccc(N3CCOCC3)c(C(=O)NCC3(O)CC3)c2)cc1F. The zero-order valence-electron chi connectivity index (χ0n) is 17.6. The summed E-state index contributed by atoms with van der Waals surface area (Å²) in [5, 5.41) is 16.2. The van der Waals surface area contributed by atoms with Gasteiger partial charge in [0.25, 0.3) is 5.91 Å². The lowest BCUT2D eigenvalue weighted by Crippen LogP contribution is -2.39. The van der Waals surface area contributed by atoms with Crippen molar-refractivity contribution in [2.45, 2.75) is 25.0 Å². The number of nitrogens with one attached hydrogen (secondary N) is 2. The number of carbonyl (C=O) groups is 1. The first-order valence-corrected chi connectivity index (χ1v) is 10.5. The molecule has 0 atom stereocenters. The lowest BCUT2D eigenvalue weighted by Gasteiger charge is -2.30. The van der Waals surface area contributed by atoms with E-state index in [4.69, 9.17) is 9.47 Å². The maximum absolute atomic E-state index is 13.9. The molecule has 7 nitrogen and oxygen atoms in total. The number of rotatable bonds is 8. The van der Waals surface area contributed by atoms with Gasteiger partial charge in [-0.25, -0.2) is 4.39 Å². The number of ether oxygens (including phenoxy) is 2. The highest BCUT2D eigenvalue weighted by Crippen LogP contribution is 2.34. The average Bonchev–Trinajstić information content (AvgIpc) is 3.54. The van der Waals surface area contributed by atoms with E-state index in [1.807, 2.05) is 12.1 Å². The number of halogens is 1. The van der Waals surface area contributed by atoms with Crippen LogP contribution in [0.2, 0.25) is 0 Å². The van der Waals surface area contributed by atoms with E-state index in [2.05, 4.69) is 15.5 Å². The van der Waals surface area contributed by atoms with Crippen LogP contribution in [-0.4, -0.2) is 56.6 Å². The van der Waals surface area contributed by atoms with E-state index >= 15 is 0 Å². The molecular weight excluding hydrogens is 401 g/mol. The molecule has 2 aromatic rings. The summed E-state index contributed by atoms with van der Waals surface area (Å²) < 4.78 is 24.3. The van der Waals surface area contributed by atoms with E-state index in [9.17, 15) is 14.3 Å². The van der Waals surface area contributed by atoms with Crippen LogP contribution in [0.25, 0.3) is 0 Å². The van der Waals surface area contributed by atoms with Gasteiger partial charge in [0.15, 0.2) is 11.6 Å². The van der Waals surface area contributed by atoms with Gasteiger partial charge >= 0.3 is 0 Å². The summed E-state index contributed by atoms with van der Waals surface area (Å²) in [6, 6.07) is 10.4. The summed E-state index contributed by atoms with van der Waals surface area (Å²) in [7, 11) is 1.43. The summed E-state index contributed by atoms with van der Waals surface area (Å²) in [4.78, 5) is 15.1. The molecule has 0 radical (unpaired) electrons. The van der Waals surface area contributed by atoms with Crippen molar-refractivity contribution in [2.24, 2.45) is 0 Å². The van der Waals surface area contributed by atoms with Gasteiger partial charge in [-0.1, -0.05) is 6.07 Å². The van der Waals surface area contributed by atoms with Crippen molar-refractivity contribution in [1.82, 2.24) is 5.32 Å². The van der Waals surface area contributed by atoms with Gasteiger partial charge in [0, 0.05) is 37.6 Å². The van der Waals surface area contributed by atoms with Crippen LogP contribution in [0, 0.1) is 5.82 Å². The van der Waals surface area contributed by atoms with Crippen LogP contribution in [0.1, 0.15) is 28.8 Å². The lowest BCUT2D eigenvalue weighted by atomic mass is 10.1. The molecule has 31 heavy (non-hydrogen) atoms. The molecule has 1 saturated heterocycles. The Balaban J connectivity index is 1.51. The van der Waals surface area contributed by atoms with Crippen molar-refractivity contribution >= 4 is 17.3 Å². The van der Waals surface area contributed by atoms with Crippen molar-refractivity contribution in [3.8, 4) is 5.75 Å². The second-order valence-corrected chi connectivity index (χ2v) is 8.06. The molecule has 0 aromatic heterocycles. The molecule has 2 aromatic carbocycles. The van der Waals surface area contributed by atoms with Gasteiger partial charge in [-0.15, -0.1) is 0 Å². The van der Waals surface area contributed by atoms with Crippen LogP contribution in [0.5, 0.6) is 5.75 Å². The van der Waals surface area contributed by atoms with E-state index in [1.165, 1.54) is 13.2 Å². The van der Waals surface area contributed by atoms with Crippen molar-refractivity contribution in [3.63, 3.8) is 0 Å². The summed E-state index contributed by atoms with van der Waals surface area (Å²) in [5.74, 6) is -0.432. The second-order valence-electron chi connectivity index (χ2n) is 8.06. The van der Waals surface area contributed by atoms with Crippen LogP contribution in [0.15, 0.2) is 36.4 Å². The Morgan fingerprint density at radius 1 is 1.23 bits per heavy atom. The number of amides is 1. The van der Waals surface area contributed by atoms with E-state index in [0.717, 1.165) is 16.9 Å². The maximum Gasteiger partial charge on any atom is 0.253 e. The predicted octanol–water partition coefficient (Wildman–Crippen LogP) is 2.54. The number of benzene rings is 2. The van der Waals surface area contributed by atoms with Gasteiger partial charge in [0.05, 0.1) is 31.5 Å². The van der Waals surface area contributed by atoms with Crippen LogP contribution in [-0.2, 0) is 11.3 Å². The van der Waals surface area contributed by atoms with Gasteiger partial charge < -0.3 is 30.1 Å². The molecule has 0 bridgehead atoms. The van der Waals surface area contributed by atoms with Gasteiger partial charge in [-0.2, -0.15) is 0 Å². The van der Waals surface area contributed by atoms with Crippen LogP contribution >= 0.6 is 0 Å². The minimum atomic E-state index is -0.761. The van der Waals surface area contributed by atoms with Gasteiger partial charge in [-0.3, -0.25) is 4.79 Å². The van der Waals surface area contributed by atoms with Gasteiger partial charge in [-0.05, 0) is 48.7 Å². The third kappa shape index (κ3) is 5.26. The van der Waals surface area contributed by atoms with E-state index < -0.39 is 11.4 Å². The first-order valence-electron chi connectivity index (χ1n) is 10.5. The quantitative estimate of drug-likeness (QED) is 0.598. The first kappa shape index (κ1) is 21.4. The van der Waals surface area contributed by atoms with E-state index in [1.54, 1.807) is 18.2 Å². The summed E-state index contributed by atoms with van der Waals surface area (Å²) in [6.07, 6.45) is 1.42. The molecular formula is C23H28FN3O4. The topological polar surface area (TPSA) is 83.1 Å². The smallest absolute Gasteiger partial charge is 0.253 e. The number of morpholine rings is 1. The Kier molecular flexibility index (Phi) is 6.29. The third-order valence-corrected chi connectivity index (χ3v) is 5.71. The summed E-state index contributed by atoms with van der Waals surface area (Å²) >= 11 is 0. The van der Waals surface area contributed by atoms with Crippen molar-refractivity contribution in [1.29, 1.82) is 0 Å². The molecule has 1 aliphatic carbocycles. The number of hydrogen-bond donors (Lipinski definition) is 3. The molecule has 0 unspecified atom stereocenters. The molecule has 3 N–H and O–H groups in total. The molecule has 4 rings (SSSR count). The minimum absolute atomic E-state index is 0.204. The largest absolute Gasteiger partial charge is 0.494 e. The Morgan fingerprint density at radius 2 is 2.00 bits per heavy atom. The number of anilines is 2. The maximum atomic E-state index is 13.9. The normalized spacial score (nSPS) is 17.2. The zero-order valence-corrected chi connectivity index (χ0v) is 17.6. The third-order valence-electron chi connectivity index (χ3n) is 5.71. The highest BCUT2D eigenvalue weighted by molar-refractivity contribution is 6.01. The number of nitrogens with zero attached hydrogens (tertiary/aromatic N) is 1. The molecule has 1 amide bonds. The summed E-state index contributed by atoms with van der Waals surface area (Å²) in [5.41, 5.74) is 2.13. The molecule has 1 saturated carbocycles. The van der Waals surface area contributed by atoms with Gasteiger partial charge in [0.1, 0.15) is 0 Å². The molecule has 2 aliphatic rings. The zero-order chi connectivity index (χ0) is 21.8. The average molecular weight is 429 g/mol. The van der Waals surface area contributed by atoms with Crippen LogP contribution in [0.3, 0.4) is 0 Å². The minimum Gasteiger partial charge on any atom is -0.494 e. The Morgan fingerprint density at radius 3 is 2.68 bits per heavy atom. The fraction of sp³-hybridized carbons (Fsp3) is 0.435. The summed E-state index contributed by atoms with van der Waals surface area (Å²) in [6.45, 7) is 3.30. The standard InChI is InChI=1S/C23H28FN3O4/c1-30-21-5-2-16(12-19(21)24)14-25-17-3-4-20(27-8-10-31-11-9-27)18(13-17)22(28)26-15-23(29)6-7-23/h2-5,12-13,25,29H,6-11,14-15H2,1H3,(H,26,28). The lowest BCUT2D eigenvalue weighted by molar-refractivity contribution is 0.0895. The van der Waals surface area contributed by atoms with E-state index in [-0.39, 0.29) is 18.2 Å². The Labute approximate surface area is 181 Å². The highest BCUT2D eigenvalue weighted by Gasteiger charge is 2.40. The molecule has 2 fully saturated rings. The fourth-order valence-corrected chi connectivity index (χ4v) is 3.59. The van der Waals surface area contributed by atoms with Crippen molar-refractivity contribution in [3.05, 3.63) is 53.3 Å². The molecule has 1 aliphatic heterocycles. The second kappa shape index (κ2) is 9.11. The molecule has 166 valence electrons. The first-order chi connectivity index (χ1) is 15.0. The number of carbonyl (C=O) groups excluding carboxylic acids is 1. The van der Waals surface area contributed by atoms with Gasteiger partial charge in [0.2, 0.25) is 0 Å². The van der Waals surface area contributed by atoms with Crippen molar-refractivity contribution in [2.75, 3.05) is 50.2 Å². The monoisotopic (exact) mass is 429 g/mol. The molecule has 1 heterocycles. The van der Waals surface area contributed by atoms with Crippen molar-refractivity contribution < 1.29 is 23.8 Å². The molecule has 0 spiro atoms. The predicted molar refractivity (Wildman–Crippen MR) is 116 cm³/mol. The van der Waals surface area contributed by atoms with Crippen LogP contribution < -0.4 is 20.3 Å². The van der Waals surface area contributed by atoms with E-state index in [0.29, 0.717) is 51.3 Å². The van der Waals surface area contributed by atoms with Crippen LogP contribution in [0.4, 0.5) is 15.8 Å². The number of aliphatic hydroxyl groups is 1. The Hall–Kier alpha value is -2.84. The number of hydrogen-bond acceptors (Lipinski definition) is 6. The number of methoxy groups -OCH3 is 1. The fourth-order valence-electron chi connectivity index (χ4n) is 3.59. The molecule has 8 heteroatoms. The highest BCUT2D eigenvalue weighted by atomic mass is 19.1. The Bertz CT molecular complexity index is 942.